The molecule has 1 heterocycles. The number of rotatable bonds is 13. The van der Waals surface area contributed by atoms with Gasteiger partial charge in [0.25, 0.3) is 10.0 Å². The fourth-order valence-electron chi connectivity index (χ4n) is 4.26. The maximum Gasteiger partial charge on any atom is 0.264 e. The summed E-state index contributed by atoms with van der Waals surface area (Å²) in [6, 6.07) is 16.6. The van der Waals surface area contributed by atoms with Crippen molar-refractivity contribution in [2.75, 3.05) is 43.7 Å². The molecule has 1 saturated heterocycles. The van der Waals surface area contributed by atoms with Gasteiger partial charge in [0.1, 0.15) is 30.5 Å². The molecule has 0 bridgehead atoms. The van der Waals surface area contributed by atoms with Crippen molar-refractivity contribution in [2.24, 2.45) is 0 Å². The highest BCUT2D eigenvalue weighted by atomic mass is 32.2. The molecule has 0 saturated carbocycles. The van der Waals surface area contributed by atoms with E-state index in [1.54, 1.807) is 12.1 Å². The predicted octanol–water partition coefficient (Wildman–Crippen LogP) is 3.40. The first-order chi connectivity index (χ1) is 19.6. The zero-order valence-corrected chi connectivity index (χ0v) is 24.2. The van der Waals surface area contributed by atoms with E-state index in [4.69, 9.17) is 9.47 Å². The standard InChI is InChI=1S/C28H32FN3O7S2/c1-2-38-24-9-15-27(16-10-24)41(36,37)32(23-7-5-22(29)6-8-23)21-28(33)30-17-20-39-25-11-13-26(14-12-25)40(34,35)31-18-3-4-19-31/h5-16H,2-4,17-21H2,1H3,(H,30,33). The summed E-state index contributed by atoms with van der Waals surface area (Å²) in [5.41, 5.74) is 0.121. The second kappa shape index (κ2) is 13.3. The fraction of sp³-hybridized carbons (Fsp3) is 0.321. The highest BCUT2D eigenvalue weighted by Crippen LogP contribution is 2.26. The number of nitrogens with zero attached hydrogens (tertiary/aromatic N) is 2. The summed E-state index contributed by atoms with van der Waals surface area (Å²) in [6.45, 7) is 2.83. The van der Waals surface area contributed by atoms with E-state index in [9.17, 15) is 26.0 Å². The lowest BCUT2D eigenvalue weighted by atomic mass is 10.3. The number of anilines is 1. The molecule has 220 valence electrons. The normalized spacial score (nSPS) is 14.0. The highest BCUT2D eigenvalue weighted by molar-refractivity contribution is 7.92. The molecule has 1 aliphatic heterocycles. The number of carbonyl (C=O) groups is 1. The van der Waals surface area contributed by atoms with Crippen LogP contribution < -0.4 is 19.1 Å². The van der Waals surface area contributed by atoms with Gasteiger partial charge in [0.05, 0.1) is 28.6 Å². The summed E-state index contributed by atoms with van der Waals surface area (Å²) in [7, 11) is -7.71. The Morgan fingerprint density at radius 3 is 2.00 bits per heavy atom. The van der Waals surface area contributed by atoms with E-state index in [0.717, 1.165) is 29.3 Å². The minimum atomic E-state index is -4.18. The van der Waals surface area contributed by atoms with E-state index < -0.39 is 38.3 Å². The summed E-state index contributed by atoms with van der Waals surface area (Å²) in [6.07, 6.45) is 1.70. The molecule has 4 rings (SSSR count). The van der Waals surface area contributed by atoms with Crippen LogP contribution in [0.5, 0.6) is 11.5 Å². The molecule has 10 nitrogen and oxygen atoms in total. The van der Waals surface area contributed by atoms with E-state index in [2.05, 4.69) is 5.32 Å². The van der Waals surface area contributed by atoms with Crippen LogP contribution in [0.3, 0.4) is 0 Å². The van der Waals surface area contributed by atoms with Crippen molar-refractivity contribution < 1.29 is 35.5 Å². The first-order valence-corrected chi connectivity index (χ1v) is 16.0. The number of carbonyl (C=O) groups excluding carboxylic acids is 1. The number of ether oxygens (including phenoxy) is 2. The minimum absolute atomic E-state index is 0.0587. The van der Waals surface area contributed by atoms with Crippen molar-refractivity contribution in [2.45, 2.75) is 29.6 Å². The molecule has 0 radical (unpaired) electrons. The van der Waals surface area contributed by atoms with Gasteiger partial charge in [-0.15, -0.1) is 0 Å². The van der Waals surface area contributed by atoms with Gasteiger partial charge in [-0.05, 0) is 92.6 Å². The molecule has 41 heavy (non-hydrogen) atoms. The van der Waals surface area contributed by atoms with Crippen LogP contribution >= 0.6 is 0 Å². The largest absolute Gasteiger partial charge is 0.494 e. The molecule has 13 heteroatoms. The van der Waals surface area contributed by atoms with Gasteiger partial charge in [0.15, 0.2) is 0 Å². The third-order valence-corrected chi connectivity index (χ3v) is 10.0. The Labute approximate surface area is 239 Å². The number of amides is 1. The SMILES string of the molecule is CCOc1ccc(S(=O)(=O)N(CC(=O)NCCOc2ccc(S(=O)(=O)N3CCCC3)cc2)c2ccc(F)cc2)cc1. The minimum Gasteiger partial charge on any atom is -0.494 e. The van der Waals surface area contributed by atoms with E-state index in [0.29, 0.717) is 31.2 Å². The van der Waals surface area contributed by atoms with Crippen molar-refractivity contribution in [3.8, 4) is 11.5 Å². The Kier molecular flexibility index (Phi) is 9.84. The monoisotopic (exact) mass is 605 g/mol. The van der Waals surface area contributed by atoms with Crippen LogP contribution in [0, 0.1) is 5.82 Å². The Bertz CT molecular complexity index is 1530. The average molecular weight is 606 g/mol. The lowest BCUT2D eigenvalue weighted by molar-refractivity contribution is -0.119. The summed E-state index contributed by atoms with van der Waals surface area (Å²) in [5.74, 6) is -0.221. The third kappa shape index (κ3) is 7.54. The van der Waals surface area contributed by atoms with Gasteiger partial charge in [-0.2, -0.15) is 4.31 Å². The number of sulfonamides is 2. The average Bonchev–Trinajstić information content (AvgIpc) is 3.52. The zero-order valence-electron chi connectivity index (χ0n) is 22.5. The van der Waals surface area contributed by atoms with E-state index in [1.165, 1.54) is 52.8 Å². The molecule has 0 unspecified atom stereocenters. The fourth-order valence-corrected chi connectivity index (χ4v) is 7.19. The molecule has 0 atom stereocenters. The Morgan fingerprint density at radius 1 is 0.854 bits per heavy atom. The first-order valence-electron chi connectivity index (χ1n) is 13.1. The lowest BCUT2D eigenvalue weighted by Gasteiger charge is -2.24. The molecule has 3 aromatic carbocycles. The summed E-state index contributed by atoms with van der Waals surface area (Å²) < 4.78 is 79.1. The first kappa shape index (κ1) is 30.3. The van der Waals surface area contributed by atoms with Crippen molar-refractivity contribution >= 4 is 31.6 Å². The van der Waals surface area contributed by atoms with Crippen molar-refractivity contribution in [1.29, 1.82) is 0 Å². The number of nitrogens with one attached hydrogen (secondary N) is 1. The quantitative estimate of drug-likeness (QED) is 0.297. The molecule has 1 aliphatic rings. The van der Waals surface area contributed by atoms with Crippen LogP contribution in [-0.2, 0) is 24.8 Å². The molecule has 1 N–H and O–H groups in total. The van der Waals surface area contributed by atoms with Crippen LogP contribution in [0.4, 0.5) is 10.1 Å². The number of hydrogen-bond acceptors (Lipinski definition) is 7. The molecule has 0 aliphatic carbocycles. The summed E-state index contributed by atoms with van der Waals surface area (Å²) in [5, 5.41) is 2.62. The van der Waals surface area contributed by atoms with Crippen LogP contribution in [-0.4, -0.2) is 66.4 Å². The number of hydrogen-bond donors (Lipinski definition) is 1. The van der Waals surface area contributed by atoms with Gasteiger partial charge in [-0.25, -0.2) is 21.2 Å². The molecular formula is C28H32FN3O7S2. The Hall–Kier alpha value is -3.68. The Balaban J connectivity index is 1.36. The van der Waals surface area contributed by atoms with Crippen molar-refractivity contribution in [3.05, 3.63) is 78.6 Å². The number of halogens is 1. The summed E-state index contributed by atoms with van der Waals surface area (Å²) in [4.78, 5) is 12.9. The van der Waals surface area contributed by atoms with Gasteiger partial charge < -0.3 is 14.8 Å². The highest BCUT2D eigenvalue weighted by Gasteiger charge is 2.28. The van der Waals surface area contributed by atoms with Gasteiger partial charge in [0.2, 0.25) is 15.9 Å². The summed E-state index contributed by atoms with van der Waals surface area (Å²) >= 11 is 0. The van der Waals surface area contributed by atoms with Crippen LogP contribution in [0.15, 0.2) is 82.6 Å². The maximum atomic E-state index is 13.5. The lowest BCUT2D eigenvalue weighted by Crippen LogP contribution is -2.41. The second-order valence-electron chi connectivity index (χ2n) is 9.17. The van der Waals surface area contributed by atoms with Crippen molar-refractivity contribution in [1.82, 2.24) is 9.62 Å². The molecular weight excluding hydrogens is 573 g/mol. The van der Waals surface area contributed by atoms with Gasteiger partial charge >= 0.3 is 0 Å². The van der Waals surface area contributed by atoms with Gasteiger partial charge in [-0.3, -0.25) is 9.10 Å². The molecule has 1 fully saturated rings. The molecule has 0 spiro atoms. The molecule has 1 amide bonds. The zero-order chi connectivity index (χ0) is 29.5. The van der Waals surface area contributed by atoms with Crippen LogP contribution in [0.1, 0.15) is 19.8 Å². The van der Waals surface area contributed by atoms with Crippen molar-refractivity contribution in [3.63, 3.8) is 0 Å². The van der Waals surface area contributed by atoms with Gasteiger partial charge in [0, 0.05) is 13.1 Å². The number of benzene rings is 3. The van der Waals surface area contributed by atoms with Gasteiger partial charge in [-0.1, -0.05) is 0 Å². The van der Waals surface area contributed by atoms with E-state index in [-0.39, 0.29) is 28.6 Å². The predicted molar refractivity (Wildman–Crippen MR) is 151 cm³/mol. The third-order valence-electron chi connectivity index (χ3n) is 6.34. The van der Waals surface area contributed by atoms with Crippen LogP contribution in [0.25, 0.3) is 0 Å². The van der Waals surface area contributed by atoms with E-state index in [1.807, 2.05) is 6.92 Å². The molecule has 0 aromatic heterocycles. The second-order valence-corrected chi connectivity index (χ2v) is 13.0. The van der Waals surface area contributed by atoms with E-state index >= 15 is 0 Å². The topological polar surface area (TPSA) is 122 Å². The smallest absolute Gasteiger partial charge is 0.264 e. The molecule has 3 aromatic rings. The van der Waals surface area contributed by atoms with Crippen LogP contribution in [0.2, 0.25) is 0 Å². The maximum absolute atomic E-state index is 13.5. The Morgan fingerprint density at radius 2 is 1.41 bits per heavy atom.